The maximum atomic E-state index is 11.4. The Bertz CT molecular complexity index is 204. The number of carbonyl (C=O) groups excluding carboxylic acids is 1. The maximum Gasteiger partial charge on any atom is 0.246 e. The summed E-state index contributed by atoms with van der Waals surface area (Å²) in [6, 6.07) is 0.369. The van der Waals surface area contributed by atoms with E-state index >= 15 is 0 Å². The largest absolute Gasteiger partial charge is 0.375 e. The molecular weight excluding hydrogens is 190 g/mol. The number of methoxy groups -OCH3 is 1. The average Bonchev–Trinajstić information content (AvgIpc) is 2.18. The molecule has 1 fully saturated rings. The van der Waals surface area contributed by atoms with Crippen LogP contribution in [-0.2, 0) is 9.53 Å². The van der Waals surface area contributed by atoms with Crippen LogP contribution in [0, 0.1) is 11.8 Å². The van der Waals surface area contributed by atoms with Gasteiger partial charge in [-0.1, -0.05) is 26.7 Å². The highest BCUT2D eigenvalue weighted by Crippen LogP contribution is 2.29. The molecule has 0 aromatic heterocycles. The summed E-state index contributed by atoms with van der Waals surface area (Å²) in [7, 11) is 1.55. The Hall–Kier alpha value is -0.570. The quantitative estimate of drug-likeness (QED) is 0.775. The van der Waals surface area contributed by atoms with Crippen LogP contribution in [0.15, 0.2) is 0 Å². The lowest BCUT2D eigenvalue weighted by Crippen LogP contribution is -2.40. The molecule has 88 valence electrons. The monoisotopic (exact) mass is 213 g/mol. The molecule has 2 atom stereocenters. The van der Waals surface area contributed by atoms with Crippen molar-refractivity contribution in [2.24, 2.45) is 11.8 Å². The van der Waals surface area contributed by atoms with Crippen molar-refractivity contribution in [3.8, 4) is 0 Å². The first kappa shape index (κ1) is 12.5. The van der Waals surface area contributed by atoms with E-state index in [1.54, 1.807) is 7.11 Å². The predicted molar refractivity (Wildman–Crippen MR) is 60.6 cm³/mol. The molecule has 0 aromatic carbocycles. The van der Waals surface area contributed by atoms with Gasteiger partial charge < -0.3 is 10.1 Å². The molecule has 15 heavy (non-hydrogen) atoms. The molecule has 0 spiro atoms. The van der Waals surface area contributed by atoms with Crippen LogP contribution in [0.5, 0.6) is 0 Å². The van der Waals surface area contributed by atoms with Gasteiger partial charge in [-0.15, -0.1) is 0 Å². The molecule has 0 saturated heterocycles. The van der Waals surface area contributed by atoms with Crippen LogP contribution in [0.1, 0.15) is 39.5 Å². The predicted octanol–water partition coefficient (Wildman–Crippen LogP) is 1.96. The Morgan fingerprint density at radius 1 is 1.47 bits per heavy atom. The average molecular weight is 213 g/mol. The van der Waals surface area contributed by atoms with Crippen molar-refractivity contribution in [2.45, 2.75) is 45.6 Å². The number of hydrogen-bond acceptors (Lipinski definition) is 2. The Morgan fingerprint density at radius 3 is 2.80 bits per heavy atom. The van der Waals surface area contributed by atoms with Gasteiger partial charge in [0.2, 0.25) is 5.91 Å². The van der Waals surface area contributed by atoms with Crippen molar-refractivity contribution in [1.82, 2.24) is 5.32 Å². The lowest BCUT2D eigenvalue weighted by Gasteiger charge is -2.32. The van der Waals surface area contributed by atoms with Gasteiger partial charge >= 0.3 is 0 Å². The summed E-state index contributed by atoms with van der Waals surface area (Å²) in [5.41, 5.74) is 0. The summed E-state index contributed by atoms with van der Waals surface area (Å²) >= 11 is 0. The lowest BCUT2D eigenvalue weighted by molar-refractivity contribution is -0.125. The topological polar surface area (TPSA) is 38.3 Å². The van der Waals surface area contributed by atoms with Gasteiger partial charge in [-0.2, -0.15) is 0 Å². The third-order valence-electron chi connectivity index (χ3n) is 3.30. The zero-order valence-electron chi connectivity index (χ0n) is 10.1. The van der Waals surface area contributed by atoms with Gasteiger partial charge in [-0.05, 0) is 24.7 Å². The van der Waals surface area contributed by atoms with Crippen LogP contribution in [0.25, 0.3) is 0 Å². The molecule has 1 rings (SSSR count). The van der Waals surface area contributed by atoms with Crippen LogP contribution < -0.4 is 5.32 Å². The van der Waals surface area contributed by atoms with Crippen molar-refractivity contribution in [2.75, 3.05) is 13.7 Å². The first-order chi connectivity index (χ1) is 7.13. The fraction of sp³-hybridized carbons (Fsp3) is 0.917. The minimum Gasteiger partial charge on any atom is -0.375 e. The van der Waals surface area contributed by atoms with E-state index in [4.69, 9.17) is 4.74 Å². The van der Waals surface area contributed by atoms with E-state index in [0.29, 0.717) is 6.04 Å². The summed E-state index contributed by atoms with van der Waals surface area (Å²) in [5.74, 6) is 1.52. The first-order valence-corrected chi connectivity index (χ1v) is 5.91. The molecule has 0 radical (unpaired) electrons. The molecule has 0 bridgehead atoms. The smallest absolute Gasteiger partial charge is 0.246 e. The molecule has 0 aromatic rings. The van der Waals surface area contributed by atoms with Crippen molar-refractivity contribution >= 4 is 5.91 Å². The molecular formula is C12H23NO2. The molecule has 1 aliphatic carbocycles. The minimum absolute atomic E-state index is 0.0203. The molecule has 3 nitrogen and oxygen atoms in total. The number of rotatable bonds is 4. The highest BCUT2D eigenvalue weighted by molar-refractivity contribution is 5.77. The summed E-state index contributed by atoms with van der Waals surface area (Å²) < 4.78 is 4.81. The van der Waals surface area contributed by atoms with Gasteiger partial charge in [0, 0.05) is 13.2 Å². The fourth-order valence-electron chi connectivity index (χ4n) is 2.36. The molecule has 3 heteroatoms. The molecule has 0 aliphatic heterocycles. The number of ether oxygens (including phenoxy) is 1. The number of amides is 1. The van der Waals surface area contributed by atoms with Crippen LogP contribution >= 0.6 is 0 Å². The van der Waals surface area contributed by atoms with Crippen molar-refractivity contribution in [3.05, 3.63) is 0 Å². The lowest BCUT2D eigenvalue weighted by atomic mass is 9.79. The highest BCUT2D eigenvalue weighted by Gasteiger charge is 2.24. The second kappa shape index (κ2) is 6.11. The zero-order valence-corrected chi connectivity index (χ0v) is 10.1. The number of carbonyl (C=O) groups is 1. The van der Waals surface area contributed by atoms with Crippen molar-refractivity contribution in [1.29, 1.82) is 0 Å². The molecule has 1 saturated carbocycles. The van der Waals surface area contributed by atoms with Crippen LogP contribution in [0.2, 0.25) is 0 Å². The van der Waals surface area contributed by atoms with Gasteiger partial charge in [0.05, 0.1) is 0 Å². The summed E-state index contributed by atoms with van der Waals surface area (Å²) in [6.07, 6.45) is 4.81. The van der Waals surface area contributed by atoms with Gasteiger partial charge in [-0.25, -0.2) is 0 Å². The van der Waals surface area contributed by atoms with Crippen molar-refractivity contribution in [3.63, 3.8) is 0 Å². The van der Waals surface area contributed by atoms with E-state index in [1.807, 2.05) is 0 Å². The van der Waals surface area contributed by atoms with Gasteiger partial charge in [0.15, 0.2) is 0 Å². The van der Waals surface area contributed by atoms with Gasteiger partial charge in [-0.3, -0.25) is 4.79 Å². The number of hydrogen-bond donors (Lipinski definition) is 1. The van der Waals surface area contributed by atoms with Crippen LogP contribution in [0.3, 0.4) is 0 Å². The van der Waals surface area contributed by atoms with E-state index in [-0.39, 0.29) is 12.5 Å². The minimum atomic E-state index is 0.0203. The summed E-state index contributed by atoms with van der Waals surface area (Å²) in [4.78, 5) is 11.4. The fourth-order valence-corrected chi connectivity index (χ4v) is 2.36. The summed E-state index contributed by atoms with van der Waals surface area (Å²) in [6.45, 7) is 4.72. The zero-order chi connectivity index (χ0) is 11.3. The Balaban J connectivity index is 2.33. The molecule has 1 amide bonds. The van der Waals surface area contributed by atoms with Gasteiger partial charge in [0.25, 0.3) is 0 Å². The van der Waals surface area contributed by atoms with E-state index in [0.717, 1.165) is 24.7 Å². The first-order valence-electron chi connectivity index (χ1n) is 5.91. The summed E-state index contributed by atoms with van der Waals surface area (Å²) in [5, 5.41) is 3.04. The number of nitrogens with one attached hydrogen (secondary N) is 1. The maximum absolute atomic E-state index is 11.4. The second-order valence-corrected chi connectivity index (χ2v) is 4.87. The van der Waals surface area contributed by atoms with E-state index in [2.05, 4.69) is 19.2 Å². The van der Waals surface area contributed by atoms with Crippen LogP contribution in [-0.4, -0.2) is 25.7 Å². The third kappa shape index (κ3) is 4.20. The Labute approximate surface area is 92.6 Å². The highest BCUT2D eigenvalue weighted by atomic mass is 16.5. The Morgan fingerprint density at radius 2 is 2.20 bits per heavy atom. The van der Waals surface area contributed by atoms with Gasteiger partial charge in [0.1, 0.15) is 6.61 Å². The molecule has 0 unspecified atom stereocenters. The SMILES string of the molecule is COCC(=O)N[C@@H]1CCC[C@H](C(C)C)C1. The van der Waals surface area contributed by atoms with E-state index in [9.17, 15) is 4.79 Å². The molecule has 1 aliphatic rings. The second-order valence-electron chi connectivity index (χ2n) is 4.87. The van der Waals surface area contributed by atoms with E-state index < -0.39 is 0 Å². The van der Waals surface area contributed by atoms with Crippen molar-refractivity contribution < 1.29 is 9.53 Å². The molecule has 0 heterocycles. The van der Waals surface area contributed by atoms with E-state index in [1.165, 1.54) is 12.8 Å². The standard InChI is InChI=1S/C12H23NO2/c1-9(2)10-5-4-6-11(7-10)13-12(14)8-15-3/h9-11H,4-8H2,1-3H3,(H,13,14)/t10-,11+/m0/s1. The molecule has 1 N–H and O–H groups in total. The van der Waals surface area contributed by atoms with Crippen LogP contribution in [0.4, 0.5) is 0 Å². The third-order valence-corrected chi connectivity index (χ3v) is 3.30. The Kier molecular flexibility index (Phi) is 5.09. The normalized spacial score (nSPS) is 26.7.